The van der Waals surface area contributed by atoms with Gasteiger partial charge in [-0.1, -0.05) is 25.1 Å². The highest BCUT2D eigenvalue weighted by Crippen LogP contribution is 2.25. The Kier molecular flexibility index (Phi) is 5.08. The van der Waals surface area contributed by atoms with Crippen molar-refractivity contribution in [2.45, 2.75) is 26.8 Å². The van der Waals surface area contributed by atoms with Crippen molar-refractivity contribution in [2.24, 2.45) is 0 Å². The van der Waals surface area contributed by atoms with Crippen LogP contribution in [-0.2, 0) is 6.54 Å². The van der Waals surface area contributed by atoms with Crippen LogP contribution in [0.5, 0.6) is 0 Å². The summed E-state index contributed by atoms with van der Waals surface area (Å²) < 4.78 is 15.8. The minimum Gasteiger partial charge on any atom is -0.322 e. The summed E-state index contributed by atoms with van der Waals surface area (Å²) in [5.74, 6) is 0.125. The number of fused-ring (bicyclic) bond motifs is 1. The smallest absolute Gasteiger partial charge is 0.255 e. The maximum absolute atomic E-state index is 13.8. The Balaban J connectivity index is 1.68. The van der Waals surface area contributed by atoms with Crippen LogP contribution >= 0.6 is 0 Å². The molecule has 29 heavy (non-hydrogen) atoms. The zero-order valence-electron chi connectivity index (χ0n) is 16.3. The van der Waals surface area contributed by atoms with Gasteiger partial charge in [-0.15, -0.1) is 0 Å². The number of hydrogen-bond acceptors (Lipinski definition) is 3. The number of nitrogens with one attached hydrogen (secondary N) is 1. The summed E-state index contributed by atoms with van der Waals surface area (Å²) in [6.07, 6.45) is 2.69. The molecule has 0 aliphatic heterocycles. The largest absolute Gasteiger partial charge is 0.322 e. The SMILES string of the molecule is CCCn1c(-c2cccc(C(=O)Nc3ccc(C)c(F)c3)c2)nc2cccnc21. The fraction of sp³-hybridized carbons (Fsp3) is 0.174. The van der Waals surface area contributed by atoms with Gasteiger partial charge in [0.05, 0.1) is 0 Å². The average Bonchev–Trinajstić information content (AvgIpc) is 3.10. The molecule has 0 bridgehead atoms. The molecule has 2 heterocycles. The highest BCUT2D eigenvalue weighted by molar-refractivity contribution is 6.05. The van der Waals surface area contributed by atoms with Crippen molar-refractivity contribution in [2.75, 3.05) is 5.32 Å². The Morgan fingerprint density at radius 3 is 2.79 bits per heavy atom. The maximum Gasteiger partial charge on any atom is 0.255 e. The first kappa shape index (κ1) is 18.8. The predicted molar refractivity (Wildman–Crippen MR) is 112 cm³/mol. The molecule has 0 atom stereocenters. The number of carbonyl (C=O) groups is 1. The quantitative estimate of drug-likeness (QED) is 0.511. The zero-order chi connectivity index (χ0) is 20.4. The molecule has 6 heteroatoms. The number of hydrogen-bond donors (Lipinski definition) is 1. The van der Waals surface area contributed by atoms with Gasteiger partial charge in [-0.2, -0.15) is 0 Å². The third-order valence-corrected chi connectivity index (χ3v) is 4.76. The minimum absolute atomic E-state index is 0.300. The minimum atomic E-state index is -0.350. The second-order valence-corrected chi connectivity index (χ2v) is 6.93. The van der Waals surface area contributed by atoms with Gasteiger partial charge in [0.25, 0.3) is 5.91 Å². The van der Waals surface area contributed by atoms with Crippen molar-refractivity contribution in [1.82, 2.24) is 14.5 Å². The van der Waals surface area contributed by atoms with Crippen molar-refractivity contribution in [1.29, 1.82) is 0 Å². The van der Waals surface area contributed by atoms with Gasteiger partial charge < -0.3 is 9.88 Å². The molecule has 0 fully saturated rings. The lowest BCUT2D eigenvalue weighted by Gasteiger charge is -2.10. The molecule has 4 aromatic rings. The van der Waals surface area contributed by atoms with E-state index in [-0.39, 0.29) is 11.7 Å². The van der Waals surface area contributed by atoms with Crippen molar-refractivity contribution >= 4 is 22.8 Å². The van der Waals surface area contributed by atoms with Gasteiger partial charge in [0.15, 0.2) is 5.65 Å². The summed E-state index contributed by atoms with van der Waals surface area (Å²) >= 11 is 0. The third kappa shape index (κ3) is 3.74. The van der Waals surface area contributed by atoms with Crippen LogP contribution in [0.3, 0.4) is 0 Å². The Hall–Kier alpha value is -3.54. The zero-order valence-corrected chi connectivity index (χ0v) is 16.3. The summed E-state index contributed by atoms with van der Waals surface area (Å²) in [6.45, 7) is 4.56. The van der Waals surface area contributed by atoms with Crippen molar-refractivity contribution in [3.05, 3.63) is 77.7 Å². The van der Waals surface area contributed by atoms with E-state index in [2.05, 4.69) is 21.8 Å². The third-order valence-electron chi connectivity index (χ3n) is 4.76. The Bertz CT molecular complexity index is 1200. The van der Waals surface area contributed by atoms with Gasteiger partial charge in [0, 0.05) is 29.6 Å². The monoisotopic (exact) mass is 388 g/mol. The van der Waals surface area contributed by atoms with Crippen LogP contribution in [0.1, 0.15) is 29.3 Å². The molecule has 2 aromatic carbocycles. The van der Waals surface area contributed by atoms with Gasteiger partial charge in [-0.3, -0.25) is 4.79 Å². The summed E-state index contributed by atoms with van der Waals surface area (Å²) in [4.78, 5) is 21.9. The second-order valence-electron chi connectivity index (χ2n) is 6.93. The molecule has 146 valence electrons. The molecule has 0 radical (unpaired) electrons. The highest BCUT2D eigenvalue weighted by atomic mass is 19.1. The number of nitrogens with zero attached hydrogens (tertiary/aromatic N) is 3. The van der Waals surface area contributed by atoms with Crippen LogP contribution in [0, 0.1) is 12.7 Å². The van der Waals surface area contributed by atoms with E-state index < -0.39 is 0 Å². The number of benzene rings is 2. The predicted octanol–water partition coefficient (Wildman–Crippen LogP) is 5.21. The Labute approximate surface area is 168 Å². The lowest BCUT2D eigenvalue weighted by Crippen LogP contribution is -2.12. The molecule has 1 N–H and O–H groups in total. The van der Waals surface area contributed by atoms with E-state index >= 15 is 0 Å². The number of amides is 1. The van der Waals surface area contributed by atoms with Crippen LogP contribution in [-0.4, -0.2) is 20.4 Å². The maximum atomic E-state index is 13.8. The van der Waals surface area contributed by atoms with Crippen LogP contribution in [0.15, 0.2) is 60.8 Å². The number of carbonyl (C=O) groups excluding carboxylic acids is 1. The van der Waals surface area contributed by atoms with Crippen molar-refractivity contribution < 1.29 is 9.18 Å². The van der Waals surface area contributed by atoms with Gasteiger partial charge >= 0.3 is 0 Å². The molecule has 5 nitrogen and oxygen atoms in total. The molecule has 0 aliphatic rings. The second kappa shape index (κ2) is 7.83. The molecule has 1 amide bonds. The molecular formula is C23H21FN4O. The number of aromatic nitrogens is 3. The van der Waals surface area contributed by atoms with Gasteiger partial charge in [-0.05, 0) is 55.3 Å². The number of halogens is 1. The van der Waals surface area contributed by atoms with Crippen LogP contribution < -0.4 is 5.32 Å². The van der Waals surface area contributed by atoms with E-state index in [9.17, 15) is 9.18 Å². The Morgan fingerprint density at radius 2 is 2.00 bits per heavy atom. The molecular weight excluding hydrogens is 367 g/mol. The fourth-order valence-corrected chi connectivity index (χ4v) is 3.29. The first-order chi connectivity index (χ1) is 14.1. The van der Waals surface area contributed by atoms with Crippen LogP contribution in [0.4, 0.5) is 10.1 Å². The molecule has 2 aromatic heterocycles. The van der Waals surface area contributed by atoms with E-state index in [4.69, 9.17) is 4.98 Å². The lowest BCUT2D eigenvalue weighted by molar-refractivity contribution is 0.102. The van der Waals surface area contributed by atoms with Crippen LogP contribution in [0.25, 0.3) is 22.6 Å². The van der Waals surface area contributed by atoms with E-state index in [1.54, 1.807) is 37.4 Å². The Morgan fingerprint density at radius 1 is 1.14 bits per heavy atom. The summed E-state index contributed by atoms with van der Waals surface area (Å²) in [5.41, 5.74) is 3.92. The summed E-state index contributed by atoms with van der Waals surface area (Å²) in [6, 6.07) is 15.7. The molecule has 0 unspecified atom stereocenters. The van der Waals surface area contributed by atoms with Crippen LogP contribution in [0.2, 0.25) is 0 Å². The van der Waals surface area contributed by atoms with E-state index in [1.165, 1.54) is 6.07 Å². The standard InChI is InChI=1S/C23H21FN4O/c1-3-12-28-21(27-20-8-5-11-25-22(20)28)16-6-4-7-17(13-16)23(29)26-18-10-9-15(2)19(24)14-18/h4-11,13-14H,3,12H2,1-2H3,(H,26,29). The van der Waals surface area contributed by atoms with Crippen molar-refractivity contribution in [3.8, 4) is 11.4 Å². The van der Waals surface area contributed by atoms with E-state index in [0.29, 0.717) is 16.8 Å². The van der Waals surface area contributed by atoms with Gasteiger partial charge in [0.2, 0.25) is 0 Å². The number of pyridine rings is 1. The lowest BCUT2D eigenvalue weighted by atomic mass is 10.1. The highest BCUT2D eigenvalue weighted by Gasteiger charge is 2.15. The number of aryl methyl sites for hydroxylation is 2. The number of anilines is 1. The van der Waals surface area contributed by atoms with Gasteiger partial charge in [-0.25, -0.2) is 14.4 Å². The van der Waals surface area contributed by atoms with E-state index in [1.807, 2.05) is 24.3 Å². The normalized spacial score (nSPS) is 11.0. The molecule has 0 spiro atoms. The summed E-state index contributed by atoms with van der Waals surface area (Å²) in [5, 5.41) is 2.75. The first-order valence-corrected chi connectivity index (χ1v) is 9.56. The number of imidazole rings is 1. The summed E-state index contributed by atoms with van der Waals surface area (Å²) in [7, 11) is 0. The molecule has 0 saturated carbocycles. The first-order valence-electron chi connectivity index (χ1n) is 9.56. The van der Waals surface area contributed by atoms with Crippen molar-refractivity contribution in [3.63, 3.8) is 0 Å². The van der Waals surface area contributed by atoms with Gasteiger partial charge in [0.1, 0.15) is 17.2 Å². The topological polar surface area (TPSA) is 59.8 Å². The molecule has 4 rings (SSSR count). The average molecular weight is 388 g/mol. The molecule has 0 aliphatic carbocycles. The molecule has 0 saturated heterocycles. The number of rotatable bonds is 5. The fourth-order valence-electron chi connectivity index (χ4n) is 3.29. The van der Waals surface area contributed by atoms with E-state index in [0.717, 1.165) is 35.5 Å².